The predicted molar refractivity (Wildman–Crippen MR) is 124 cm³/mol. The summed E-state index contributed by atoms with van der Waals surface area (Å²) >= 11 is 0. The second-order valence-electron chi connectivity index (χ2n) is 7.45. The highest BCUT2D eigenvalue weighted by Gasteiger charge is 2.19. The van der Waals surface area contributed by atoms with E-state index in [-0.39, 0.29) is 5.91 Å². The lowest BCUT2D eigenvalue weighted by Gasteiger charge is -2.23. The molecular formula is C25H31N3O3. The van der Waals surface area contributed by atoms with Crippen molar-refractivity contribution < 1.29 is 14.3 Å². The Morgan fingerprint density at radius 1 is 0.968 bits per heavy atom. The van der Waals surface area contributed by atoms with Crippen molar-refractivity contribution >= 4 is 23.3 Å². The van der Waals surface area contributed by atoms with Crippen molar-refractivity contribution in [2.75, 3.05) is 38.6 Å². The number of hydrogen-bond acceptors (Lipinski definition) is 4. The minimum absolute atomic E-state index is 0.0420. The standard InChI is InChI=1S/C25H31N3O3/c1-4-28(5-2)24(29)20-12-10-18(11-13-20)23(19-14-16-26-17-15-19)21-8-6-7-9-22(21)27-25(30)31-3/h6-13,26H,4-5,14-17H2,1-3H3,(H,27,30). The van der Waals surface area contributed by atoms with Gasteiger partial charge < -0.3 is 15.0 Å². The molecule has 6 nitrogen and oxygen atoms in total. The third-order valence-corrected chi connectivity index (χ3v) is 5.65. The van der Waals surface area contributed by atoms with Gasteiger partial charge in [0.15, 0.2) is 0 Å². The topological polar surface area (TPSA) is 70.7 Å². The van der Waals surface area contributed by atoms with Gasteiger partial charge >= 0.3 is 6.09 Å². The number of nitrogens with zero attached hydrogens (tertiary/aromatic N) is 1. The Balaban J connectivity index is 2.05. The maximum absolute atomic E-state index is 12.7. The fourth-order valence-corrected chi connectivity index (χ4v) is 3.97. The number of nitrogens with one attached hydrogen (secondary N) is 2. The molecule has 1 aliphatic heterocycles. The summed E-state index contributed by atoms with van der Waals surface area (Å²) in [4.78, 5) is 26.4. The van der Waals surface area contributed by atoms with Crippen LogP contribution in [-0.4, -0.2) is 50.2 Å². The lowest BCUT2D eigenvalue weighted by atomic mass is 9.87. The van der Waals surface area contributed by atoms with E-state index in [9.17, 15) is 9.59 Å². The third kappa shape index (κ3) is 5.33. The monoisotopic (exact) mass is 421 g/mol. The van der Waals surface area contributed by atoms with Crippen LogP contribution >= 0.6 is 0 Å². The van der Waals surface area contributed by atoms with Crippen molar-refractivity contribution in [1.82, 2.24) is 10.2 Å². The van der Waals surface area contributed by atoms with Crippen LogP contribution in [0.4, 0.5) is 10.5 Å². The minimum atomic E-state index is -0.498. The largest absolute Gasteiger partial charge is 0.453 e. The molecule has 1 fully saturated rings. The van der Waals surface area contributed by atoms with Gasteiger partial charge in [0.25, 0.3) is 5.91 Å². The van der Waals surface area contributed by atoms with Crippen LogP contribution in [0, 0.1) is 0 Å². The Labute approximate surface area is 184 Å². The highest BCUT2D eigenvalue weighted by atomic mass is 16.5. The van der Waals surface area contributed by atoms with E-state index in [1.165, 1.54) is 12.7 Å². The summed E-state index contributed by atoms with van der Waals surface area (Å²) in [7, 11) is 1.36. The lowest BCUT2D eigenvalue weighted by Crippen LogP contribution is -2.30. The van der Waals surface area contributed by atoms with E-state index in [1.54, 1.807) is 0 Å². The summed E-state index contributed by atoms with van der Waals surface area (Å²) in [6, 6.07) is 15.6. The van der Waals surface area contributed by atoms with E-state index in [2.05, 4.69) is 10.6 Å². The number of hydrogen-bond donors (Lipinski definition) is 2. The first kappa shape index (κ1) is 22.6. The normalized spacial score (nSPS) is 13.5. The van der Waals surface area contributed by atoms with Crippen LogP contribution in [-0.2, 0) is 4.74 Å². The summed E-state index contributed by atoms with van der Waals surface area (Å²) in [5, 5.41) is 6.24. The Morgan fingerprint density at radius 3 is 2.19 bits per heavy atom. The van der Waals surface area contributed by atoms with Gasteiger partial charge in [0.1, 0.15) is 0 Å². The van der Waals surface area contributed by atoms with E-state index in [0.29, 0.717) is 24.3 Å². The molecule has 2 N–H and O–H groups in total. The Morgan fingerprint density at radius 2 is 1.58 bits per heavy atom. The third-order valence-electron chi connectivity index (χ3n) is 5.65. The summed E-state index contributed by atoms with van der Waals surface area (Å²) in [5.41, 5.74) is 5.82. The fourth-order valence-electron chi connectivity index (χ4n) is 3.97. The number of anilines is 1. The smallest absolute Gasteiger partial charge is 0.411 e. The highest BCUT2D eigenvalue weighted by Crippen LogP contribution is 2.35. The molecule has 0 radical (unpaired) electrons. The van der Waals surface area contributed by atoms with Crippen LogP contribution in [0.5, 0.6) is 0 Å². The van der Waals surface area contributed by atoms with E-state index in [1.807, 2.05) is 67.3 Å². The van der Waals surface area contributed by atoms with E-state index < -0.39 is 6.09 Å². The van der Waals surface area contributed by atoms with Gasteiger partial charge in [-0.05, 0) is 69.1 Å². The summed E-state index contributed by atoms with van der Waals surface area (Å²) in [5.74, 6) is 0.0420. The minimum Gasteiger partial charge on any atom is -0.453 e. The van der Waals surface area contributed by atoms with Gasteiger partial charge in [-0.3, -0.25) is 10.1 Å². The van der Waals surface area contributed by atoms with Gasteiger partial charge in [0.05, 0.1) is 12.8 Å². The number of amides is 2. The average Bonchev–Trinajstić information content (AvgIpc) is 2.82. The second kappa shape index (κ2) is 10.8. The molecule has 164 valence electrons. The van der Waals surface area contributed by atoms with Crippen molar-refractivity contribution in [3.05, 3.63) is 70.8 Å². The van der Waals surface area contributed by atoms with E-state index >= 15 is 0 Å². The zero-order chi connectivity index (χ0) is 22.2. The van der Waals surface area contributed by atoms with Crippen LogP contribution in [0.1, 0.15) is 48.2 Å². The molecule has 0 bridgehead atoms. The molecule has 1 heterocycles. The first-order chi connectivity index (χ1) is 15.1. The van der Waals surface area contributed by atoms with E-state index in [0.717, 1.165) is 42.6 Å². The maximum Gasteiger partial charge on any atom is 0.411 e. The number of para-hydroxylation sites is 1. The maximum atomic E-state index is 12.7. The Bertz CT molecular complexity index is 939. The molecule has 0 aliphatic carbocycles. The van der Waals surface area contributed by atoms with Crippen molar-refractivity contribution in [1.29, 1.82) is 0 Å². The highest BCUT2D eigenvalue weighted by molar-refractivity contribution is 5.96. The zero-order valence-electron chi connectivity index (χ0n) is 18.5. The van der Waals surface area contributed by atoms with Crippen molar-refractivity contribution in [3.63, 3.8) is 0 Å². The number of ether oxygens (including phenoxy) is 1. The second-order valence-corrected chi connectivity index (χ2v) is 7.45. The number of carbonyl (C=O) groups is 2. The molecule has 0 spiro atoms. The van der Waals surface area contributed by atoms with Gasteiger partial charge in [0.2, 0.25) is 0 Å². The van der Waals surface area contributed by atoms with Crippen LogP contribution in [0.15, 0.2) is 54.1 Å². The van der Waals surface area contributed by atoms with Crippen LogP contribution in [0.25, 0.3) is 5.57 Å². The SMILES string of the molecule is CCN(CC)C(=O)c1ccc(C(=C2CCNCC2)c2ccccc2NC(=O)OC)cc1. The molecule has 2 aromatic carbocycles. The average molecular weight is 422 g/mol. The summed E-state index contributed by atoms with van der Waals surface area (Å²) in [6.45, 7) is 7.19. The zero-order valence-corrected chi connectivity index (χ0v) is 18.5. The van der Waals surface area contributed by atoms with E-state index in [4.69, 9.17) is 4.74 Å². The van der Waals surface area contributed by atoms with Crippen molar-refractivity contribution in [3.8, 4) is 0 Å². The van der Waals surface area contributed by atoms with Gasteiger partial charge in [-0.1, -0.05) is 35.9 Å². The number of rotatable bonds is 6. The predicted octanol–water partition coefficient (Wildman–Crippen LogP) is 4.53. The number of piperidine rings is 1. The molecule has 3 rings (SSSR count). The first-order valence-electron chi connectivity index (χ1n) is 10.9. The Hall–Kier alpha value is -3.12. The molecule has 31 heavy (non-hydrogen) atoms. The molecule has 1 saturated heterocycles. The number of carbonyl (C=O) groups excluding carboxylic acids is 2. The lowest BCUT2D eigenvalue weighted by molar-refractivity contribution is 0.0773. The van der Waals surface area contributed by atoms with Crippen LogP contribution in [0.2, 0.25) is 0 Å². The van der Waals surface area contributed by atoms with Gasteiger partial charge in [-0.15, -0.1) is 0 Å². The summed E-state index contributed by atoms with van der Waals surface area (Å²) in [6.07, 6.45) is 1.37. The molecule has 0 aromatic heterocycles. The number of benzene rings is 2. The van der Waals surface area contributed by atoms with Gasteiger partial charge in [-0.25, -0.2) is 4.79 Å². The van der Waals surface area contributed by atoms with Crippen molar-refractivity contribution in [2.24, 2.45) is 0 Å². The molecule has 0 unspecified atom stereocenters. The van der Waals surface area contributed by atoms with Gasteiger partial charge in [-0.2, -0.15) is 0 Å². The molecule has 6 heteroatoms. The van der Waals surface area contributed by atoms with Crippen molar-refractivity contribution in [2.45, 2.75) is 26.7 Å². The van der Waals surface area contributed by atoms with Gasteiger partial charge in [0, 0.05) is 24.2 Å². The van der Waals surface area contributed by atoms with Crippen LogP contribution in [0.3, 0.4) is 0 Å². The molecule has 0 atom stereocenters. The molecule has 2 aromatic rings. The molecule has 0 saturated carbocycles. The summed E-state index contributed by atoms with van der Waals surface area (Å²) < 4.78 is 4.81. The first-order valence-corrected chi connectivity index (χ1v) is 10.9. The Kier molecular flexibility index (Phi) is 7.84. The molecule has 2 amide bonds. The fraction of sp³-hybridized carbons (Fsp3) is 0.360. The molecular weight excluding hydrogens is 390 g/mol. The molecule has 1 aliphatic rings. The van der Waals surface area contributed by atoms with Crippen LogP contribution < -0.4 is 10.6 Å². The number of methoxy groups -OCH3 is 1. The quantitative estimate of drug-likeness (QED) is 0.719.